The van der Waals surface area contributed by atoms with Crippen molar-refractivity contribution >= 4 is 11.4 Å². The van der Waals surface area contributed by atoms with Crippen LogP contribution in [-0.4, -0.2) is 15.4 Å². The number of nitrogens with two attached hydrogens (primary N) is 1. The van der Waals surface area contributed by atoms with Gasteiger partial charge in [-0.15, -0.1) is 0 Å². The predicted molar refractivity (Wildman–Crippen MR) is 99.7 cm³/mol. The molecular formula is C20H16F2N4O. The molecule has 1 atom stereocenters. The summed E-state index contributed by atoms with van der Waals surface area (Å²) < 4.78 is 28.7. The molecular weight excluding hydrogens is 350 g/mol. The number of halogens is 2. The Hall–Kier alpha value is -3.35. The number of nitrogen functional groups attached to an aromatic ring is 1. The zero-order valence-electron chi connectivity index (χ0n) is 14.5. The summed E-state index contributed by atoms with van der Waals surface area (Å²) in [6.45, 7) is 1.72. The lowest BCUT2D eigenvalue weighted by molar-refractivity contribution is 0.558. The van der Waals surface area contributed by atoms with Crippen LogP contribution in [0, 0.1) is 11.6 Å². The molecule has 0 saturated carbocycles. The van der Waals surface area contributed by atoms with Gasteiger partial charge >= 0.3 is 0 Å². The van der Waals surface area contributed by atoms with E-state index in [9.17, 15) is 13.6 Å². The maximum atomic E-state index is 14.2. The lowest BCUT2D eigenvalue weighted by Gasteiger charge is -2.24. The second kappa shape index (κ2) is 6.42. The number of rotatable bonds is 2. The molecule has 2 N–H and O–H groups in total. The zero-order chi connectivity index (χ0) is 19.1. The largest absolute Gasteiger partial charge is 0.399 e. The molecule has 0 aliphatic carbocycles. The number of aromatic nitrogens is 2. The minimum atomic E-state index is -0.639. The molecule has 2 heterocycles. The van der Waals surface area contributed by atoms with Crippen molar-refractivity contribution in [3.05, 3.63) is 81.9 Å². The Balaban J connectivity index is 1.79. The Morgan fingerprint density at radius 3 is 2.56 bits per heavy atom. The monoisotopic (exact) mass is 366 g/mol. The van der Waals surface area contributed by atoms with Crippen molar-refractivity contribution in [3.8, 4) is 11.3 Å². The standard InChI is InChI=1S/C20H16F2N4O/c1-11-16(15-7-4-13(21)8-17(15)22)9-19-24-18(10-20(27)26(19)25-11)12-2-5-14(23)6-3-12/h2-8,10,16H,9,23H2,1H3. The van der Waals surface area contributed by atoms with Gasteiger partial charge in [0.05, 0.1) is 5.69 Å². The number of anilines is 1. The van der Waals surface area contributed by atoms with Gasteiger partial charge in [0.25, 0.3) is 5.56 Å². The van der Waals surface area contributed by atoms with E-state index < -0.39 is 17.6 Å². The van der Waals surface area contributed by atoms with Gasteiger partial charge in [0.1, 0.15) is 17.5 Å². The average Bonchev–Trinajstić information content (AvgIpc) is 2.63. The van der Waals surface area contributed by atoms with E-state index in [1.807, 2.05) is 0 Å². The molecule has 4 rings (SSSR count). The highest BCUT2D eigenvalue weighted by atomic mass is 19.1. The Morgan fingerprint density at radius 2 is 1.85 bits per heavy atom. The molecule has 0 radical (unpaired) electrons. The molecule has 0 amide bonds. The highest BCUT2D eigenvalue weighted by Crippen LogP contribution is 2.28. The molecule has 0 fully saturated rings. The molecule has 1 aromatic heterocycles. The number of hydrogen-bond acceptors (Lipinski definition) is 4. The van der Waals surface area contributed by atoms with Crippen molar-refractivity contribution in [1.29, 1.82) is 0 Å². The SMILES string of the molecule is CC1=Nn2c(nc(-c3ccc(N)cc3)cc2=O)CC1c1ccc(F)cc1F. The fraction of sp³-hybridized carbons (Fsp3) is 0.150. The van der Waals surface area contributed by atoms with E-state index in [1.165, 1.54) is 22.9 Å². The summed E-state index contributed by atoms with van der Waals surface area (Å²) in [4.78, 5) is 17.0. The van der Waals surface area contributed by atoms with Gasteiger partial charge in [-0.25, -0.2) is 13.8 Å². The molecule has 0 spiro atoms. The third-order valence-corrected chi connectivity index (χ3v) is 4.66. The topological polar surface area (TPSA) is 73.3 Å². The lowest BCUT2D eigenvalue weighted by Crippen LogP contribution is -2.30. The van der Waals surface area contributed by atoms with E-state index in [-0.39, 0.29) is 12.0 Å². The predicted octanol–water partition coefficient (Wildman–Crippen LogP) is 3.33. The quantitative estimate of drug-likeness (QED) is 0.707. The van der Waals surface area contributed by atoms with E-state index >= 15 is 0 Å². The van der Waals surface area contributed by atoms with Gasteiger partial charge in [-0.05, 0) is 30.7 Å². The van der Waals surface area contributed by atoms with Crippen LogP contribution < -0.4 is 11.3 Å². The van der Waals surface area contributed by atoms with Crippen LogP contribution in [0.25, 0.3) is 11.3 Å². The van der Waals surface area contributed by atoms with Gasteiger partial charge in [0.15, 0.2) is 0 Å². The van der Waals surface area contributed by atoms with Crippen LogP contribution >= 0.6 is 0 Å². The minimum Gasteiger partial charge on any atom is -0.399 e. The van der Waals surface area contributed by atoms with Crippen LogP contribution in [0.5, 0.6) is 0 Å². The molecule has 136 valence electrons. The van der Waals surface area contributed by atoms with Crippen LogP contribution in [0.15, 0.2) is 58.4 Å². The maximum absolute atomic E-state index is 14.2. The van der Waals surface area contributed by atoms with Gasteiger partial charge in [-0.1, -0.05) is 18.2 Å². The molecule has 0 saturated heterocycles. The third-order valence-electron chi connectivity index (χ3n) is 4.66. The summed E-state index contributed by atoms with van der Waals surface area (Å²) in [5, 5.41) is 4.29. The third kappa shape index (κ3) is 3.12. The molecule has 27 heavy (non-hydrogen) atoms. The van der Waals surface area contributed by atoms with Gasteiger partial charge in [0, 0.05) is 41.4 Å². The first-order valence-corrected chi connectivity index (χ1v) is 8.41. The Labute approximate surface area is 153 Å². The van der Waals surface area contributed by atoms with Crippen molar-refractivity contribution in [3.63, 3.8) is 0 Å². The second-order valence-corrected chi connectivity index (χ2v) is 6.49. The normalized spacial score (nSPS) is 16.0. The Morgan fingerprint density at radius 1 is 1.11 bits per heavy atom. The van der Waals surface area contributed by atoms with E-state index in [1.54, 1.807) is 31.2 Å². The van der Waals surface area contributed by atoms with Crippen LogP contribution in [0.1, 0.15) is 24.2 Å². The van der Waals surface area contributed by atoms with E-state index in [2.05, 4.69) is 10.1 Å². The highest BCUT2D eigenvalue weighted by Gasteiger charge is 2.27. The number of hydrogen-bond donors (Lipinski definition) is 1. The lowest BCUT2D eigenvalue weighted by atomic mass is 9.90. The first kappa shape index (κ1) is 17.1. The molecule has 5 nitrogen and oxygen atoms in total. The Kier molecular flexibility index (Phi) is 4.07. The smallest absolute Gasteiger partial charge is 0.274 e. The molecule has 2 aromatic carbocycles. The van der Waals surface area contributed by atoms with Crippen molar-refractivity contribution in [2.75, 3.05) is 5.73 Å². The first-order valence-electron chi connectivity index (χ1n) is 8.41. The molecule has 1 unspecified atom stereocenters. The number of benzene rings is 2. The summed E-state index contributed by atoms with van der Waals surface area (Å²) in [6.07, 6.45) is 0.288. The average molecular weight is 366 g/mol. The van der Waals surface area contributed by atoms with Crippen LogP contribution in [0.3, 0.4) is 0 Å². The van der Waals surface area contributed by atoms with Gasteiger partial charge in [0.2, 0.25) is 0 Å². The molecule has 1 aliphatic rings. The molecule has 7 heteroatoms. The summed E-state index contributed by atoms with van der Waals surface area (Å²) in [5.74, 6) is -1.27. The highest BCUT2D eigenvalue weighted by molar-refractivity contribution is 5.89. The van der Waals surface area contributed by atoms with Crippen molar-refractivity contribution in [2.45, 2.75) is 19.3 Å². The number of fused-ring (bicyclic) bond motifs is 1. The number of nitrogens with zero attached hydrogens (tertiary/aromatic N) is 3. The van der Waals surface area contributed by atoms with E-state index in [4.69, 9.17) is 5.73 Å². The maximum Gasteiger partial charge on any atom is 0.274 e. The second-order valence-electron chi connectivity index (χ2n) is 6.49. The van der Waals surface area contributed by atoms with E-state index in [0.717, 1.165) is 11.6 Å². The fourth-order valence-corrected chi connectivity index (χ4v) is 3.24. The minimum absolute atomic E-state index is 0.288. The van der Waals surface area contributed by atoms with Crippen molar-refractivity contribution < 1.29 is 8.78 Å². The van der Waals surface area contributed by atoms with E-state index in [0.29, 0.717) is 28.5 Å². The van der Waals surface area contributed by atoms with Gasteiger partial charge in [-0.3, -0.25) is 4.79 Å². The summed E-state index contributed by atoms with van der Waals surface area (Å²) in [7, 11) is 0. The zero-order valence-corrected chi connectivity index (χ0v) is 14.5. The first-order chi connectivity index (χ1) is 12.9. The van der Waals surface area contributed by atoms with Crippen molar-refractivity contribution in [2.24, 2.45) is 5.10 Å². The van der Waals surface area contributed by atoms with Crippen LogP contribution in [0.4, 0.5) is 14.5 Å². The molecule has 0 bridgehead atoms. The summed E-state index contributed by atoms with van der Waals surface area (Å²) in [6, 6.07) is 11.9. The fourth-order valence-electron chi connectivity index (χ4n) is 3.24. The van der Waals surface area contributed by atoms with Crippen LogP contribution in [-0.2, 0) is 6.42 Å². The molecule has 1 aliphatic heterocycles. The molecule has 3 aromatic rings. The van der Waals surface area contributed by atoms with Gasteiger partial charge in [-0.2, -0.15) is 9.78 Å². The van der Waals surface area contributed by atoms with Crippen LogP contribution in [0.2, 0.25) is 0 Å². The summed E-state index contributed by atoms with van der Waals surface area (Å²) >= 11 is 0. The Bertz CT molecular complexity index is 1120. The van der Waals surface area contributed by atoms with Gasteiger partial charge < -0.3 is 5.73 Å². The summed E-state index contributed by atoms with van der Waals surface area (Å²) in [5.41, 5.74) is 8.14. The van der Waals surface area contributed by atoms with Crippen molar-refractivity contribution in [1.82, 2.24) is 9.66 Å².